The van der Waals surface area contributed by atoms with Gasteiger partial charge in [-0.25, -0.2) is 0 Å². The van der Waals surface area contributed by atoms with Gasteiger partial charge >= 0.3 is 0 Å². The topological polar surface area (TPSA) is 67.9 Å². The van der Waals surface area contributed by atoms with Crippen LogP contribution in [0.25, 0.3) is 0 Å². The van der Waals surface area contributed by atoms with Gasteiger partial charge in [0, 0.05) is 19.5 Å². The molecule has 1 aliphatic heterocycles. The van der Waals surface area contributed by atoms with Crippen LogP contribution < -0.4 is 14.8 Å². The lowest BCUT2D eigenvalue weighted by atomic mass is 9.97. The molecule has 0 radical (unpaired) electrons. The maximum Gasteiger partial charge on any atom is 0.245 e. The Morgan fingerprint density at radius 2 is 1.74 bits per heavy atom. The van der Waals surface area contributed by atoms with E-state index in [0.29, 0.717) is 51.3 Å². The van der Waals surface area contributed by atoms with Crippen LogP contribution in [0.5, 0.6) is 11.5 Å². The van der Waals surface area contributed by atoms with Crippen LogP contribution in [0, 0.1) is 0 Å². The van der Waals surface area contributed by atoms with Gasteiger partial charge in [-0.1, -0.05) is 36.4 Å². The van der Waals surface area contributed by atoms with Crippen molar-refractivity contribution in [2.45, 2.75) is 52.1 Å². The first-order valence-corrected chi connectivity index (χ1v) is 11.0. The van der Waals surface area contributed by atoms with Gasteiger partial charge in [-0.3, -0.25) is 9.59 Å². The Kier molecular flexibility index (Phi) is 7.55. The number of carbonyl (C=O) groups excluding carboxylic acids is 2. The van der Waals surface area contributed by atoms with Gasteiger partial charge in [0.05, 0.1) is 13.2 Å². The Balaban J connectivity index is 1.67. The van der Waals surface area contributed by atoms with E-state index in [-0.39, 0.29) is 11.8 Å². The van der Waals surface area contributed by atoms with Gasteiger partial charge in [-0.05, 0) is 56.9 Å². The zero-order valence-corrected chi connectivity index (χ0v) is 18.6. The van der Waals surface area contributed by atoms with E-state index in [2.05, 4.69) is 5.32 Å². The van der Waals surface area contributed by atoms with Crippen LogP contribution >= 0.6 is 0 Å². The fourth-order valence-electron chi connectivity index (χ4n) is 3.96. The normalized spacial score (nSPS) is 18.2. The third kappa shape index (κ3) is 5.37. The second-order valence-corrected chi connectivity index (χ2v) is 7.88. The fraction of sp³-hybridized carbons (Fsp3) is 0.440. The van der Waals surface area contributed by atoms with Crippen LogP contribution in [-0.2, 0) is 22.6 Å². The van der Waals surface area contributed by atoms with Gasteiger partial charge in [0.2, 0.25) is 11.8 Å². The standard InChI is InChI=1S/C25H32N2O4/c1-4-30-21-12-11-19(17-22(21)31-5-2)14-16-27-23(28)13-15-25(27,3)24(29)26-18-20-9-7-6-8-10-20/h6-12,17H,4-5,13-16,18H2,1-3H3,(H,26,29). The van der Waals surface area contributed by atoms with Crippen molar-refractivity contribution in [2.75, 3.05) is 19.8 Å². The highest BCUT2D eigenvalue weighted by Crippen LogP contribution is 2.32. The van der Waals surface area contributed by atoms with Crippen LogP contribution in [-0.4, -0.2) is 42.0 Å². The fourth-order valence-corrected chi connectivity index (χ4v) is 3.96. The summed E-state index contributed by atoms with van der Waals surface area (Å²) in [6.45, 7) is 7.78. The lowest BCUT2D eigenvalue weighted by Crippen LogP contribution is -2.54. The molecule has 0 spiro atoms. The van der Waals surface area contributed by atoms with Gasteiger partial charge in [0.15, 0.2) is 11.5 Å². The molecule has 6 heteroatoms. The van der Waals surface area contributed by atoms with Crippen molar-refractivity contribution in [1.82, 2.24) is 10.2 Å². The highest BCUT2D eigenvalue weighted by atomic mass is 16.5. The Morgan fingerprint density at radius 1 is 1.03 bits per heavy atom. The zero-order chi connectivity index (χ0) is 22.3. The van der Waals surface area contributed by atoms with Crippen molar-refractivity contribution in [2.24, 2.45) is 0 Å². The van der Waals surface area contributed by atoms with Crippen molar-refractivity contribution in [3.05, 3.63) is 59.7 Å². The number of nitrogens with one attached hydrogen (secondary N) is 1. The van der Waals surface area contributed by atoms with Crippen LogP contribution in [0.2, 0.25) is 0 Å². The zero-order valence-electron chi connectivity index (χ0n) is 18.6. The smallest absolute Gasteiger partial charge is 0.245 e. The number of likely N-dealkylation sites (tertiary alicyclic amines) is 1. The molecule has 6 nitrogen and oxygen atoms in total. The minimum atomic E-state index is -0.833. The van der Waals surface area contributed by atoms with Crippen molar-refractivity contribution in [3.63, 3.8) is 0 Å². The second-order valence-electron chi connectivity index (χ2n) is 7.88. The molecule has 1 aliphatic rings. The largest absolute Gasteiger partial charge is 0.490 e. The van der Waals surface area contributed by atoms with Gasteiger partial charge in [0.25, 0.3) is 0 Å². The first-order chi connectivity index (χ1) is 15.0. The first-order valence-electron chi connectivity index (χ1n) is 11.0. The molecule has 31 heavy (non-hydrogen) atoms. The molecule has 0 aromatic heterocycles. The van der Waals surface area contributed by atoms with E-state index >= 15 is 0 Å². The Hall–Kier alpha value is -3.02. The van der Waals surface area contributed by atoms with Crippen LogP contribution in [0.4, 0.5) is 0 Å². The number of amides is 2. The number of rotatable bonds is 10. The monoisotopic (exact) mass is 424 g/mol. The molecule has 1 saturated heterocycles. The summed E-state index contributed by atoms with van der Waals surface area (Å²) in [5, 5.41) is 3.01. The van der Waals surface area contributed by atoms with Crippen molar-refractivity contribution < 1.29 is 19.1 Å². The van der Waals surface area contributed by atoms with Crippen molar-refractivity contribution >= 4 is 11.8 Å². The average Bonchev–Trinajstić information content (AvgIpc) is 3.08. The molecule has 0 saturated carbocycles. The molecule has 3 rings (SSSR count). The van der Waals surface area contributed by atoms with E-state index in [0.717, 1.165) is 16.9 Å². The summed E-state index contributed by atoms with van der Waals surface area (Å²) in [5.41, 5.74) is 1.24. The predicted octanol–water partition coefficient (Wildman–Crippen LogP) is 3.72. The highest BCUT2D eigenvalue weighted by molar-refractivity contribution is 5.94. The second kappa shape index (κ2) is 10.3. The number of nitrogens with zero attached hydrogens (tertiary/aromatic N) is 1. The SMILES string of the molecule is CCOc1ccc(CCN2C(=O)CCC2(C)C(=O)NCc2ccccc2)cc1OCC. The number of ether oxygens (including phenoxy) is 2. The van der Waals surface area contributed by atoms with Crippen LogP contribution in [0.15, 0.2) is 48.5 Å². The molecule has 2 aromatic rings. The molecule has 1 N–H and O–H groups in total. The lowest BCUT2D eigenvalue weighted by molar-refractivity contribution is -0.140. The molecule has 0 bridgehead atoms. The number of hydrogen-bond donors (Lipinski definition) is 1. The summed E-state index contributed by atoms with van der Waals surface area (Å²) in [6, 6.07) is 15.6. The minimum absolute atomic E-state index is 0.0216. The van der Waals surface area contributed by atoms with Gasteiger partial charge in [-0.2, -0.15) is 0 Å². The van der Waals surface area contributed by atoms with Crippen molar-refractivity contribution in [3.8, 4) is 11.5 Å². The summed E-state index contributed by atoms with van der Waals surface area (Å²) < 4.78 is 11.3. The van der Waals surface area contributed by atoms with Gasteiger partial charge in [0.1, 0.15) is 5.54 Å². The molecule has 0 aliphatic carbocycles. The molecule has 166 valence electrons. The van der Waals surface area contributed by atoms with Crippen LogP contribution in [0.3, 0.4) is 0 Å². The summed E-state index contributed by atoms with van der Waals surface area (Å²) in [7, 11) is 0. The molecule has 1 atom stereocenters. The number of benzene rings is 2. The molecule has 1 unspecified atom stereocenters. The van der Waals surface area contributed by atoms with E-state index < -0.39 is 5.54 Å². The Labute approximate surface area is 184 Å². The van der Waals surface area contributed by atoms with Gasteiger partial charge in [-0.15, -0.1) is 0 Å². The molecular formula is C25H32N2O4. The van der Waals surface area contributed by atoms with E-state index in [1.807, 2.05) is 69.3 Å². The summed E-state index contributed by atoms with van der Waals surface area (Å²) in [5.74, 6) is 1.34. The van der Waals surface area contributed by atoms with E-state index in [4.69, 9.17) is 9.47 Å². The van der Waals surface area contributed by atoms with E-state index in [1.54, 1.807) is 4.90 Å². The quantitative estimate of drug-likeness (QED) is 0.631. The third-order valence-corrected chi connectivity index (χ3v) is 5.74. The number of carbonyl (C=O) groups is 2. The molecule has 1 fully saturated rings. The summed E-state index contributed by atoms with van der Waals surface area (Å²) in [4.78, 5) is 27.3. The summed E-state index contributed by atoms with van der Waals surface area (Å²) >= 11 is 0. The molecule has 2 amide bonds. The summed E-state index contributed by atoms with van der Waals surface area (Å²) in [6.07, 6.45) is 1.56. The Bertz CT molecular complexity index is 900. The van der Waals surface area contributed by atoms with Gasteiger partial charge < -0.3 is 19.7 Å². The van der Waals surface area contributed by atoms with E-state index in [1.165, 1.54) is 0 Å². The maximum absolute atomic E-state index is 13.0. The number of hydrogen-bond acceptors (Lipinski definition) is 4. The molecular weight excluding hydrogens is 392 g/mol. The predicted molar refractivity (Wildman–Crippen MR) is 120 cm³/mol. The molecule has 1 heterocycles. The maximum atomic E-state index is 13.0. The Morgan fingerprint density at radius 3 is 2.45 bits per heavy atom. The average molecular weight is 425 g/mol. The van der Waals surface area contributed by atoms with Crippen LogP contribution in [0.1, 0.15) is 44.7 Å². The minimum Gasteiger partial charge on any atom is -0.490 e. The lowest BCUT2D eigenvalue weighted by Gasteiger charge is -2.34. The van der Waals surface area contributed by atoms with Crippen molar-refractivity contribution in [1.29, 1.82) is 0 Å². The highest BCUT2D eigenvalue weighted by Gasteiger charge is 2.46. The molecule has 2 aromatic carbocycles. The first kappa shape index (κ1) is 22.7. The third-order valence-electron chi connectivity index (χ3n) is 5.74. The van der Waals surface area contributed by atoms with E-state index in [9.17, 15) is 9.59 Å².